The highest BCUT2D eigenvalue weighted by molar-refractivity contribution is 7.99. The van der Waals surface area contributed by atoms with Crippen LogP contribution >= 0.6 is 11.8 Å². The lowest BCUT2D eigenvalue weighted by Gasteiger charge is -2.26. The number of sulfone groups is 1. The van der Waals surface area contributed by atoms with Crippen LogP contribution in [0.5, 0.6) is 0 Å². The van der Waals surface area contributed by atoms with E-state index in [0.717, 1.165) is 29.4 Å². The fourth-order valence-electron chi connectivity index (χ4n) is 3.10. The van der Waals surface area contributed by atoms with Crippen molar-refractivity contribution in [1.82, 2.24) is 9.55 Å². The number of hydrogen-bond donors (Lipinski definition) is 0. The Hall–Kier alpha value is -0.490. The van der Waals surface area contributed by atoms with E-state index in [2.05, 4.69) is 18.4 Å². The van der Waals surface area contributed by atoms with Crippen molar-refractivity contribution in [1.29, 1.82) is 0 Å². The highest BCUT2D eigenvalue weighted by Crippen LogP contribution is 2.34. The molecule has 0 spiro atoms. The SMILES string of the molecule is Cc1nc(SCCCCS(C)(=O)=O)n(C2CCCCC2)c1C. The zero-order chi connectivity index (χ0) is 16.2. The van der Waals surface area contributed by atoms with Crippen LogP contribution in [-0.2, 0) is 9.84 Å². The molecule has 0 saturated heterocycles. The van der Waals surface area contributed by atoms with E-state index in [0.29, 0.717) is 11.8 Å². The molecule has 0 aliphatic heterocycles. The van der Waals surface area contributed by atoms with E-state index < -0.39 is 9.84 Å². The van der Waals surface area contributed by atoms with Crippen LogP contribution < -0.4 is 0 Å². The number of unbranched alkanes of at least 4 members (excludes halogenated alkanes) is 1. The minimum atomic E-state index is -2.83. The second-order valence-corrected chi connectivity index (χ2v) is 9.73. The van der Waals surface area contributed by atoms with Gasteiger partial charge in [-0.05, 0) is 39.5 Å². The lowest BCUT2D eigenvalue weighted by Crippen LogP contribution is -2.15. The van der Waals surface area contributed by atoms with Crippen LogP contribution in [0.25, 0.3) is 0 Å². The van der Waals surface area contributed by atoms with Crippen LogP contribution in [-0.4, -0.2) is 35.7 Å². The van der Waals surface area contributed by atoms with Gasteiger partial charge in [-0.3, -0.25) is 0 Å². The van der Waals surface area contributed by atoms with Crippen LogP contribution in [0.15, 0.2) is 5.16 Å². The van der Waals surface area contributed by atoms with Gasteiger partial charge in [-0.15, -0.1) is 0 Å². The molecule has 0 unspecified atom stereocenters. The molecule has 1 aliphatic carbocycles. The first kappa shape index (κ1) is 17.9. The van der Waals surface area contributed by atoms with Gasteiger partial charge in [0.05, 0.1) is 5.69 Å². The van der Waals surface area contributed by atoms with Gasteiger partial charge < -0.3 is 4.57 Å². The summed E-state index contributed by atoms with van der Waals surface area (Å²) < 4.78 is 24.7. The maximum atomic E-state index is 11.1. The van der Waals surface area contributed by atoms with Gasteiger partial charge in [0.2, 0.25) is 0 Å². The Labute approximate surface area is 139 Å². The summed E-state index contributed by atoms with van der Waals surface area (Å²) in [6.45, 7) is 4.26. The van der Waals surface area contributed by atoms with E-state index in [4.69, 9.17) is 4.98 Å². The van der Waals surface area contributed by atoms with Gasteiger partial charge in [-0.2, -0.15) is 0 Å². The average Bonchev–Trinajstić information content (AvgIpc) is 2.73. The molecule has 0 bridgehead atoms. The molecular formula is C16H28N2O2S2. The van der Waals surface area contributed by atoms with Crippen LogP contribution in [0.3, 0.4) is 0 Å². The molecular weight excluding hydrogens is 316 g/mol. The number of rotatable bonds is 7. The maximum Gasteiger partial charge on any atom is 0.168 e. The van der Waals surface area contributed by atoms with Crippen LogP contribution in [0, 0.1) is 13.8 Å². The number of hydrogen-bond acceptors (Lipinski definition) is 4. The van der Waals surface area contributed by atoms with E-state index in [1.54, 1.807) is 11.8 Å². The summed E-state index contributed by atoms with van der Waals surface area (Å²) in [5, 5.41) is 1.13. The predicted octanol–water partition coefficient (Wildman–Crippen LogP) is 3.92. The summed E-state index contributed by atoms with van der Waals surface area (Å²) in [6.07, 6.45) is 9.50. The molecule has 1 aromatic rings. The molecule has 6 heteroatoms. The first-order valence-corrected chi connectivity index (χ1v) is 11.3. The topological polar surface area (TPSA) is 52.0 Å². The molecule has 4 nitrogen and oxygen atoms in total. The zero-order valence-corrected chi connectivity index (χ0v) is 15.6. The zero-order valence-electron chi connectivity index (χ0n) is 14.0. The highest BCUT2D eigenvalue weighted by Gasteiger charge is 2.21. The second-order valence-electron chi connectivity index (χ2n) is 6.41. The third-order valence-corrected chi connectivity index (χ3v) is 6.50. The van der Waals surface area contributed by atoms with Gasteiger partial charge in [0, 0.05) is 29.5 Å². The van der Waals surface area contributed by atoms with Crippen molar-refractivity contribution in [2.75, 3.05) is 17.8 Å². The number of thioether (sulfide) groups is 1. The average molecular weight is 345 g/mol. The van der Waals surface area contributed by atoms with Crippen LogP contribution in [0.4, 0.5) is 0 Å². The number of nitrogens with zero attached hydrogens (tertiary/aromatic N) is 2. The number of aryl methyl sites for hydroxylation is 1. The minimum Gasteiger partial charge on any atom is -0.320 e. The Morgan fingerprint density at radius 3 is 2.50 bits per heavy atom. The lowest BCUT2D eigenvalue weighted by molar-refractivity contribution is 0.332. The second kappa shape index (κ2) is 7.86. The third kappa shape index (κ3) is 5.01. The molecule has 126 valence electrons. The van der Waals surface area contributed by atoms with Crippen LogP contribution in [0.1, 0.15) is 62.4 Å². The summed E-state index contributed by atoms with van der Waals surface area (Å²) in [6, 6.07) is 0.605. The van der Waals surface area contributed by atoms with Crippen molar-refractivity contribution in [2.45, 2.75) is 70.0 Å². The van der Waals surface area contributed by atoms with E-state index in [1.165, 1.54) is 44.1 Å². The summed E-state index contributed by atoms with van der Waals surface area (Å²) in [5.41, 5.74) is 2.43. The minimum absolute atomic E-state index is 0.294. The standard InChI is InChI=1S/C16H28N2O2S2/c1-13-14(2)18(15-9-5-4-6-10-15)16(17-13)21-11-7-8-12-22(3,19)20/h15H,4-12H2,1-3H3. The van der Waals surface area contributed by atoms with Crippen molar-refractivity contribution >= 4 is 21.6 Å². The van der Waals surface area contributed by atoms with Gasteiger partial charge >= 0.3 is 0 Å². The Morgan fingerprint density at radius 2 is 1.86 bits per heavy atom. The third-order valence-electron chi connectivity index (χ3n) is 4.43. The smallest absolute Gasteiger partial charge is 0.168 e. The van der Waals surface area contributed by atoms with Crippen molar-refractivity contribution in [3.8, 4) is 0 Å². The summed E-state index contributed by atoms with van der Waals surface area (Å²) in [7, 11) is -2.83. The molecule has 0 amide bonds. The van der Waals surface area contributed by atoms with E-state index >= 15 is 0 Å². The molecule has 0 N–H and O–H groups in total. The molecule has 0 radical (unpaired) electrons. The van der Waals surface area contributed by atoms with E-state index in [-0.39, 0.29) is 0 Å². The molecule has 1 aromatic heterocycles. The molecule has 0 atom stereocenters. The predicted molar refractivity (Wildman–Crippen MR) is 93.5 cm³/mol. The van der Waals surface area contributed by atoms with Crippen molar-refractivity contribution in [3.63, 3.8) is 0 Å². The van der Waals surface area contributed by atoms with E-state index in [9.17, 15) is 8.42 Å². The Morgan fingerprint density at radius 1 is 1.18 bits per heavy atom. The first-order chi connectivity index (χ1) is 10.4. The monoisotopic (exact) mass is 344 g/mol. The number of imidazole rings is 1. The van der Waals surface area contributed by atoms with Crippen molar-refractivity contribution in [3.05, 3.63) is 11.4 Å². The van der Waals surface area contributed by atoms with Crippen molar-refractivity contribution < 1.29 is 8.42 Å². The Balaban J connectivity index is 1.94. The summed E-state index contributed by atoms with van der Waals surface area (Å²) in [4.78, 5) is 4.74. The fourth-order valence-corrected chi connectivity index (χ4v) is 4.98. The normalized spacial score (nSPS) is 17.0. The van der Waals surface area contributed by atoms with Gasteiger partial charge in [0.15, 0.2) is 5.16 Å². The molecule has 1 heterocycles. The molecule has 2 rings (SSSR count). The van der Waals surface area contributed by atoms with E-state index in [1.807, 2.05) is 0 Å². The molecule has 22 heavy (non-hydrogen) atoms. The largest absolute Gasteiger partial charge is 0.320 e. The fraction of sp³-hybridized carbons (Fsp3) is 0.812. The Kier molecular flexibility index (Phi) is 6.38. The first-order valence-electron chi connectivity index (χ1n) is 8.24. The van der Waals surface area contributed by atoms with Crippen LogP contribution in [0.2, 0.25) is 0 Å². The molecule has 1 saturated carbocycles. The summed E-state index contributed by atoms with van der Waals surface area (Å²) in [5.74, 6) is 1.24. The quantitative estimate of drug-likeness (QED) is 0.556. The number of aromatic nitrogens is 2. The van der Waals surface area contributed by atoms with Crippen molar-refractivity contribution in [2.24, 2.45) is 0 Å². The van der Waals surface area contributed by atoms with Gasteiger partial charge in [-0.25, -0.2) is 13.4 Å². The lowest BCUT2D eigenvalue weighted by atomic mass is 9.95. The van der Waals surface area contributed by atoms with Gasteiger partial charge in [0.25, 0.3) is 0 Å². The molecule has 1 aliphatic rings. The maximum absolute atomic E-state index is 11.1. The van der Waals surface area contributed by atoms with Gasteiger partial charge in [0.1, 0.15) is 9.84 Å². The molecule has 1 fully saturated rings. The Bertz CT molecular complexity index is 588. The highest BCUT2D eigenvalue weighted by atomic mass is 32.2. The molecule has 0 aromatic carbocycles. The van der Waals surface area contributed by atoms with Gasteiger partial charge in [-0.1, -0.05) is 31.0 Å². The summed E-state index contributed by atoms with van der Waals surface area (Å²) >= 11 is 1.78.